The molecule has 0 aliphatic carbocycles. The fraction of sp³-hybridized carbons (Fsp3) is 0.231. The number of carbonyl (C=O) groups excluding carboxylic acids is 1. The number of fused-ring (bicyclic) bond motifs is 1. The Balaban J connectivity index is 1.25. The number of hydrogen-bond acceptors (Lipinski definition) is 6. The third-order valence-corrected chi connectivity index (χ3v) is 5.32. The molecule has 2 heterocycles. The minimum atomic E-state index is -0.283. The maximum atomic E-state index is 11.1. The van der Waals surface area contributed by atoms with Gasteiger partial charge in [0.15, 0.2) is 0 Å². The van der Waals surface area contributed by atoms with Gasteiger partial charge in [0, 0.05) is 46.9 Å². The maximum absolute atomic E-state index is 11.1. The van der Waals surface area contributed by atoms with Crippen LogP contribution in [0, 0.1) is 0 Å². The van der Waals surface area contributed by atoms with Crippen molar-refractivity contribution in [3.8, 4) is 0 Å². The summed E-state index contributed by atoms with van der Waals surface area (Å²) < 4.78 is 10.1. The van der Waals surface area contributed by atoms with Crippen molar-refractivity contribution in [1.82, 2.24) is 9.97 Å². The van der Waals surface area contributed by atoms with Crippen molar-refractivity contribution in [2.75, 3.05) is 30.9 Å². The van der Waals surface area contributed by atoms with Crippen LogP contribution < -0.4 is 10.6 Å². The number of rotatable bonds is 11. The van der Waals surface area contributed by atoms with Gasteiger partial charge < -0.3 is 25.1 Å². The quantitative estimate of drug-likeness (QED) is 0.222. The van der Waals surface area contributed by atoms with E-state index in [0.717, 1.165) is 35.7 Å². The van der Waals surface area contributed by atoms with Crippen LogP contribution in [0.2, 0.25) is 0 Å². The first-order chi connectivity index (χ1) is 16.2. The number of carbonyl (C=O) groups is 1. The number of ether oxygens (including phenoxy) is 2. The van der Waals surface area contributed by atoms with E-state index in [1.165, 1.54) is 23.6 Å². The van der Waals surface area contributed by atoms with Crippen LogP contribution in [-0.2, 0) is 27.3 Å². The summed E-state index contributed by atoms with van der Waals surface area (Å²) in [5.41, 5.74) is 6.28. The number of esters is 1. The molecule has 0 saturated carbocycles. The number of para-hydroxylation sites is 1. The van der Waals surface area contributed by atoms with E-state index >= 15 is 0 Å². The van der Waals surface area contributed by atoms with Crippen molar-refractivity contribution in [1.29, 1.82) is 0 Å². The van der Waals surface area contributed by atoms with E-state index in [2.05, 4.69) is 61.9 Å². The van der Waals surface area contributed by atoms with Gasteiger partial charge in [-0.25, -0.2) is 0 Å². The third-order valence-electron chi connectivity index (χ3n) is 5.32. The summed E-state index contributed by atoms with van der Waals surface area (Å²) in [4.78, 5) is 18.8. The van der Waals surface area contributed by atoms with Crippen LogP contribution >= 0.6 is 0 Å². The van der Waals surface area contributed by atoms with Crippen LogP contribution in [0.15, 0.2) is 73.1 Å². The third kappa shape index (κ3) is 6.33. The summed E-state index contributed by atoms with van der Waals surface area (Å²) in [6, 6.07) is 20.4. The Hall–Kier alpha value is -3.84. The van der Waals surface area contributed by atoms with E-state index < -0.39 is 0 Å². The monoisotopic (exact) mass is 444 g/mol. The van der Waals surface area contributed by atoms with Crippen molar-refractivity contribution in [2.45, 2.75) is 19.4 Å². The van der Waals surface area contributed by atoms with Crippen molar-refractivity contribution in [2.24, 2.45) is 0 Å². The van der Waals surface area contributed by atoms with Gasteiger partial charge in [0.1, 0.15) is 0 Å². The van der Waals surface area contributed by atoms with Gasteiger partial charge in [-0.1, -0.05) is 18.2 Å². The molecule has 0 amide bonds. The molecular formula is C26H28N4O3. The largest absolute Gasteiger partial charge is 0.469 e. The molecule has 2 aromatic heterocycles. The van der Waals surface area contributed by atoms with Gasteiger partial charge >= 0.3 is 5.97 Å². The van der Waals surface area contributed by atoms with Gasteiger partial charge in [-0.05, 0) is 54.4 Å². The summed E-state index contributed by atoms with van der Waals surface area (Å²) in [5, 5.41) is 8.16. The zero-order valence-electron chi connectivity index (χ0n) is 18.6. The van der Waals surface area contributed by atoms with E-state index in [4.69, 9.17) is 4.74 Å². The molecular weight excluding hydrogens is 416 g/mol. The molecule has 0 spiro atoms. The number of aromatic amines is 1. The Morgan fingerprint density at radius 1 is 1.03 bits per heavy atom. The minimum absolute atomic E-state index is 0.233. The van der Waals surface area contributed by atoms with E-state index in [0.29, 0.717) is 13.2 Å². The molecule has 4 aromatic rings. The van der Waals surface area contributed by atoms with Gasteiger partial charge in [0.05, 0.1) is 32.4 Å². The minimum Gasteiger partial charge on any atom is -0.469 e. The van der Waals surface area contributed by atoms with Gasteiger partial charge in [-0.3, -0.25) is 9.78 Å². The summed E-state index contributed by atoms with van der Waals surface area (Å²) in [6.07, 6.45) is 5.01. The first kappa shape index (κ1) is 22.4. The normalized spacial score (nSPS) is 10.8. The lowest BCUT2D eigenvalue weighted by molar-refractivity contribution is -0.141. The highest BCUT2D eigenvalue weighted by Crippen LogP contribution is 2.21. The number of aromatic nitrogens is 2. The summed E-state index contributed by atoms with van der Waals surface area (Å²) in [6.45, 7) is 1.50. The number of hydrogen-bond donors (Lipinski definition) is 3. The van der Waals surface area contributed by atoms with Gasteiger partial charge in [0.25, 0.3) is 0 Å². The molecule has 0 bridgehead atoms. The van der Waals surface area contributed by atoms with Gasteiger partial charge in [-0.15, -0.1) is 0 Å². The van der Waals surface area contributed by atoms with Gasteiger partial charge in [-0.2, -0.15) is 0 Å². The molecule has 0 saturated heterocycles. The standard InChI is InChI=1S/C26H28N4O3/c1-32-26(31)12-15-33-18-23-16-22(11-14-28-23)30-21-8-6-20(7-9-21)27-13-10-19-17-29-25-5-3-2-4-24(19)25/h2-9,11,14,16-17,27,29H,10,12-13,15,18H2,1H3,(H,28,30). The second kappa shape index (κ2) is 11.2. The fourth-order valence-corrected chi connectivity index (χ4v) is 3.59. The highest BCUT2D eigenvalue weighted by atomic mass is 16.5. The predicted molar refractivity (Wildman–Crippen MR) is 131 cm³/mol. The number of methoxy groups -OCH3 is 1. The molecule has 3 N–H and O–H groups in total. The predicted octanol–water partition coefficient (Wildman–Crippen LogP) is 5.04. The van der Waals surface area contributed by atoms with Crippen molar-refractivity contribution in [3.63, 3.8) is 0 Å². The molecule has 2 aromatic carbocycles. The fourth-order valence-electron chi connectivity index (χ4n) is 3.59. The molecule has 0 atom stereocenters. The van der Waals surface area contributed by atoms with Crippen molar-refractivity contribution < 1.29 is 14.3 Å². The van der Waals surface area contributed by atoms with Crippen LogP contribution in [0.5, 0.6) is 0 Å². The second-order valence-corrected chi connectivity index (χ2v) is 7.65. The molecule has 7 nitrogen and oxygen atoms in total. The highest BCUT2D eigenvalue weighted by molar-refractivity contribution is 5.83. The molecule has 170 valence electrons. The number of nitrogens with one attached hydrogen (secondary N) is 3. The van der Waals surface area contributed by atoms with Crippen LogP contribution in [0.4, 0.5) is 17.1 Å². The van der Waals surface area contributed by atoms with E-state index in [9.17, 15) is 4.79 Å². The average molecular weight is 445 g/mol. The molecule has 4 rings (SSSR count). The number of pyridine rings is 1. The smallest absolute Gasteiger partial charge is 0.307 e. The Bertz CT molecular complexity index is 1190. The number of anilines is 3. The van der Waals surface area contributed by atoms with E-state index in [-0.39, 0.29) is 12.4 Å². The number of benzene rings is 2. The zero-order chi connectivity index (χ0) is 22.9. The molecule has 0 aliphatic heterocycles. The Kier molecular flexibility index (Phi) is 7.56. The Labute approximate surface area is 193 Å². The number of nitrogens with zero attached hydrogens (tertiary/aromatic N) is 1. The second-order valence-electron chi connectivity index (χ2n) is 7.65. The van der Waals surface area contributed by atoms with Crippen molar-refractivity contribution >= 4 is 33.9 Å². The lowest BCUT2D eigenvalue weighted by atomic mass is 10.1. The lowest BCUT2D eigenvalue weighted by Crippen LogP contribution is -2.06. The SMILES string of the molecule is COC(=O)CCOCc1cc(Nc2ccc(NCCc3c[nH]c4ccccc34)cc2)ccn1. The van der Waals surface area contributed by atoms with Crippen LogP contribution in [0.25, 0.3) is 10.9 Å². The number of H-pyrrole nitrogens is 1. The average Bonchev–Trinajstić information content (AvgIpc) is 3.26. The van der Waals surface area contributed by atoms with Crippen LogP contribution in [0.1, 0.15) is 17.7 Å². The summed E-state index contributed by atoms with van der Waals surface area (Å²) >= 11 is 0. The summed E-state index contributed by atoms with van der Waals surface area (Å²) in [5.74, 6) is -0.283. The molecule has 0 aliphatic rings. The maximum Gasteiger partial charge on any atom is 0.307 e. The molecule has 0 unspecified atom stereocenters. The first-order valence-corrected chi connectivity index (χ1v) is 11.0. The molecule has 7 heteroatoms. The topological polar surface area (TPSA) is 88.3 Å². The van der Waals surface area contributed by atoms with Crippen LogP contribution in [0.3, 0.4) is 0 Å². The Morgan fingerprint density at radius 2 is 1.85 bits per heavy atom. The van der Waals surface area contributed by atoms with Crippen molar-refractivity contribution in [3.05, 3.63) is 84.3 Å². The summed E-state index contributed by atoms with van der Waals surface area (Å²) in [7, 11) is 1.37. The zero-order valence-corrected chi connectivity index (χ0v) is 18.6. The molecule has 0 fully saturated rings. The van der Waals surface area contributed by atoms with E-state index in [1.807, 2.05) is 30.3 Å². The molecule has 0 radical (unpaired) electrons. The highest BCUT2D eigenvalue weighted by Gasteiger charge is 2.04. The lowest BCUT2D eigenvalue weighted by Gasteiger charge is -2.10. The van der Waals surface area contributed by atoms with Crippen LogP contribution in [-0.4, -0.2) is 36.2 Å². The first-order valence-electron chi connectivity index (χ1n) is 11.0. The van der Waals surface area contributed by atoms with E-state index in [1.54, 1.807) is 6.20 Å². The Morgan fingerprint density at radius 3 is 2.70 bits per heavy atom. The molecule has 33 heavy (non-hydrogen) atoms. The van der Waals surface area contributed by atoms with Gasteiger partial charge in [0.2, 0.25) is 0 Å².